The lowest BCUT2D eigenvalue weighted by Gasteiger charge is -2.32. The third kappa shape index (κ3) is 4.93. The van der Waals surface area contributed by atoms with Gasteiger partial charge in [0.25, 0.3) is 0 Å². The Morgan fingerprint density at radius 1 is 1.33 bits per heavy atom. The van der Waals surface area contributed by atoms with Gasteiger partial charge in [-0.1, -0.05) is 6.07 Å². The molecule has 0 aromatic heterocycles. The molecule has 2 rings (SSSR count). The van der Waals surface area contributed by atoms with Crippen LogP contribution in [0.1, 0.15) is 24.8 Å². The molecule has 1 atom stereocenters. The molecule has 0 bridgehead atoms. The van der Waals surface area contributed by atoms with Crippen molar-refractivity contribution >= 4 is 18.3 Å². The molecule has 3 nitrogen and oxygen atoms in total. The third-order valence-electron chi connectivity index (χ3n) is 3.87. The van der Waals surface area contributed by atoms with Crippen LogP contribution in [0.25, 0.3) is 0 Å². The molecule has 1 aromatic rings. The van der Waals surface area contributed by atoms with Gasteiger partial charge in [0.15, 0.2) is 11.6 Å². The van der Waals surface area contributed by atoms with Crippen molar-refractivity contribution < 1.29 is 13.6 Å². The quantitative estimate of drug-likeness (QED) is 0.927. The van der Waals surface area contributed by atoms with Gasteiger partial charge < -0.3 is 10.6 Å². The Labute approximate surface area is 129 Å². The van der Waals surface area contributed by atoms with Crippen molar-refractivity contribution in [1.82, 2.24) is 4.90 Å². The molecule has 1 heterocycles. The van der Waals surface area contributed by atoms with E-state index >= 15 is 0 Å². The third-order valence-corrected chi connectivity index (χ3v) is 3.87. The number of rotatable bonds is 4. The number of nitrogens with two attached hydrogens (primary N) is 1. The molecule has 118 valence electrons. The first-order chi connectivity index (χ1) is 9.60. The highest BCUT2D eigenvalue weighted by Crippen LogP contribution is 2.22. The molecular weight excluding hydrogens is 298 g/mol. The molecule has 1 aliphatic rings. The lowest BCUT2D eigenvalue weighted by molar-refractivity contribution is -0.131. The topological polar surface area (TPSA) is 46.3 Å². The van der Waals surface area contributed by atoms with Crippen molar-refractivity contribution in [1.29, 1.82) is 0 Å². The number of hydrogen-bond donors (Lipinski definition) is 1. The molecule has 1 fully saturated rings. The van der Waals surface area contributed by atoms with Crippen LogP contribution in [0.5, 0.6) is 0 Å². The van der Waals surface area contributed by atoms with Crippen molar-refractivity contribution in [2.45, 2.75) is 25.7 Å². The molecule has 21 heavy (non-hydrogen) atoms. The first kappa shape index (κ1) is 17.9. The van der Waals surface area contributed by atoms with Crippen molar-refractivity contribution in [2.24, 2.45) is 11.7 Å². The van der Waals surface area contributed by atoms with E-state index in [2.05, 4.69) is 0 Å². The normalized spacial score (nSPS) is 18.2. The molecule has 0 saturated carbocycles. The second kappa shape index (κ2) is 8.29. The van der Waals surface area contributed by atoms with Crippen LogP contribution in [0.15, 0.2) is 18.2 Å². The number of piperidine rings is 1. The van der Waals surface area contributed by atoms with E-state index in [4.69, 9.17) is 5.73 Å². The summed E-state index contributed by atoms with van der Waals surface area (Å²) in [7, 11) is 0. The zero-order valence-corrected chi connectivity index (χ0v) is 12.7. The summed E-state index contributed by atoms with van der Waals surface area (Å²) >= 11 is 0. The molecule has 1 unspecified atom stereocenters. The minimum atomic E-state index is -0.814. The highest BCUT2D eigenvalue weighted by molar-refractivity contribution is 5.85. The van der Waals surface area contributed by atoms with E-state index in [1.54, 1.807) is 11.0 Å². The van der Waals surface area contributed by atoms with Crippen molar-refractivity contribution in [3.63, 3.8) is 0 Å². The molecule has 2 N–H and O–H groups in total. The molecule has 0 spiro atoms. The maximum Gasteiger partial charge on any atom is 0.236 e. The summed E-state index contributed by atoms with van der Waals surface area (Å²) in [5, 5.41) is 0. The van der Waals surface area contributed by atoms with Crippen molar-refractivity contribution in [2.75, 3.05) is 19.6 Å². The lowest BCUT2D eigenvalue weighted by atomic mass is 9.91. The fourth-order valence-corrected chi connectivity index (χ4v) is 2.72. The molecule has 0 aliphatic carbocycles. The van der Waals surface area contributed by atoms with Gasteiger partial charge in [-0.3, -0.25) is 4.79 Å². The predicted octanol–water partition coefficient (Wildman–Crippen LogP) is 2.52. The average molecular weight is 319 g/mol. The number of carbonyl (C=O) groups is 1. The summed E-state index contributed by atoms with van der Waals surface area (Å²) < 4.78 is 26.0. The number of nitrogens with zero attached hydrogens (tertiary/aromatic N) is 1. The van der Waals surface area contributed by atoms with Gasteiger partial charge in [0.1, 0.15) is 0 Å². The first-order valence-corrected chi connectivity index (χ1v) is 7.02. The van der Waals surface area contributed by atoms with Crippen LogP contribution in [0.3, 0.4) is 0 Å². The maximum atomic E-state index is 13.1. The lowest BCUT2D eigenvalue weighted by Crippen LogP contribution is -2.42. The van der Waals surface area contributed by atoms with Crippen LogP contribution in [0, 0.1) is 17.6 Å². The fraction of sp³-hybridized carbons (Fsp3) is 0.533. The van der Waals surface area contributed by atoms with Crippen LogP contribution >= 0.6 is 12.4 Å². The molecule has 0 radical (unpaired) electrons. The molecular formula is C15H21ClF2N2O. The Morgan fingerprint density at radius 2 is 2.10 bits per heavy atom. The van der Waals surface area contributed by atoms with Crippen LogP contribution in [0.2, 0.25) is 0 Å². The monoisotopic (exact) mass is 318 g/mol. The molecule has 1 amide bonds. The summed E-state index contributed by atoms with van der Waals surface area (Å²) in [6.07, 6.45) is 3.62. The van der Waals surface area contributed by atoms with E-state index < -0.39 is 11.6 Å². The average Bonchev–Trinajstić information content (AvgIpc) is 2.48. The second-order valence-electron chi connectivity index (χ2n) is 5.34. The molecule has 6 heteroatoms. The fourth-order valence-electron chi connectivity index (χ4n) is 2.72. The summed E-state index contributed by atoms with van der Waals surface area (Å²) in [5.74, 6) is -1.22. The summed E-state index contributed by atoms with van der Waals surface area (Å²) in [4.78, 5) is 13.4. The van der Waals surface area contributed by atoms with Crippen LogP contribution in [-0.4, -0.2) is 30.4 Å². The van der Waals surface area contributed by atoms with Crippen LogP contribution < -0.4 is 5.73 Å². The van der Waals surface area contributed by atoms with E-state index in [1.807, 2.05) is 0 Å². The maximum absolute atomic E-state index is 13.1. The van der Waals surface area contributed by atoms with E-state index in [1.165, 1.54) is 6.07 Å². The van der Waals surface area contributed by atoms with Crippen molar-refractivity contribution in [3.05, 3.63) is 35.4 Å². The zero-order valence-electron chi connectivity index (χ0n) is 11.9. The number of aryl methyl sites for hydroxylation is 1. The highest BCUT2D eigenvalue weighted by atomic mass is 35.5. The molecule has 1 saturated heterocycles. The summed E-state index contributed by atoms with van der Waals surface area (Å²) in [6.45, 7) is 1.55. The Kier molecular flexibility index (Phi) is 7.05. The number of hydrogen-bond acceptors (Lipinski definition) is 2. The highest BCUT2D eigenvalue weighted by Gasteiger charge is 2.22. The number of carbonyl (C=O) groups excluding carboxylic acids is 1. The largest absolute Gasteiger partial charge is 0.341 e. The van der Waals surface area contributed by atoms with Gasteiger partial charge in [0.05, 0.1) is 6.54 Å². The zero-order chi connectivity index (χ0) is 14.5. The second-order valence-corrected chi connectivity index (χ2v) is 5.34. The van der Waals surface area contributed by atoms with Gasteiger partial charge in [0.2, 0.25) is 5.91 Å². The summed E-state index contributed by atoms with van der Waals surface area (Å²) in [6, 6.07) is 4.03. The first-order valence-electron chi connectivity index (χ1n) is 7.02. The number of likely N-dealkylation sites (tertiary alicyclic amines) is 1. The van der Waals surface area contributed by atoms with Gasteiger partial charge in [0, 0.05) is 13.1 Å². The van der Waals surface area contributed by atoms with Gasteiger partial charge >= 0.3 is 0 Å². The minimum Gasteiger partial charge on any atom is -0.341 e. The Morgan fingerprint density at radius 3 is 2.76 bits per heavy atom. The van der Waals surface area contributed by atoms with Gasteiger partial charge in [-0.25, -0.2) is 8.78 Å². The number of halogens is 3. The summed E-state index contributed by atoms with van der Waals surface area (Å²) in [5.41, 5.74) is 6.17. The predicted molar refractivity (Wildman–Crippen MR) is 80.3 cm³/mol. The van der Waals surface area contributed by atoms with Gasteiger partial charge in [-0.05, 0) is 49.3 Å². The number of benzene rings is 1. The van der Waals surface area contributed by atoms with Gasteiger partial charge in [-0.15, -0.1) is 12.4 Å². The Bertz CT molecular complexity index is 485. The van der Waals surface area contributed by atoms with Gasteiger partial charge in [-0.2, -0.15) is 0 Å². The smallest absolute Gasteiger partial charge is 0.236 e. The molecule has 1 aliphatic heterocycles. The number of amides is 1. The minimum absolute atomic E-state index is 0. The van der Waals surface area contributed by atoms with E-state index in [0.29, 0.717) is 12.3 Å². The standard InChI is InChI=1S/C15H20F2N2O.ClH/c16-13-6-5-11(8-14(13)17)3-4-12-2-1-7-19(10-12)15(20)9-18;/h5-6,8,12H,1-4,7,9-10,18H2;1H. The van der Waals surface area contributed by atoms with E-state index in [0.717, 1.165) is 44.0 Å². The SMILES string of the molecule is Cl.NCC(=O)N1CCCC(CCc2ccc(F)c(F)c2)C1. The van der Waals surface area contributed by atoms with Crippen LogP contribution in [-0.2, 0) is 11.2 Å². The van der Waals surface area contributed by atoms with Crippen LogP contribution in [0.4, 0.5) is 8.78 Å². The van der Waals surface area contributed by atoms with E-state index in [9.17, 15) is 13.6 Å². The van der Waals surface area contributed by atoms with E-state index in [-0.39, 0.29) is 24.9 Å². The molecule has 1 aromatic carbocycles. The van der Waals surface area contributed by atoms with Crippen molar-refractivity contribution in [3.8, 4) is 0 Å². The Balaban J connectivity index is 0.00000220. The Hall–Kier alpha value is -1.20.